The number of ether oxygens (including phenoxy) is 2. The second-order valence-corrected chi connectivity index (χ2v) is 9.36. The van der Waals surface area contributed by atoms with E-state index in [1.54, 1.807) is 14.2 Å². The van der Waals surface area contributed by atoms with Crippen LogP contribution < -0.4 is 14.8 Å². The maximum Gasteiger partial charge on any atom is 0.127 e. The third-order valence-corrected chi connectivity index (χ3v) is 5.68. The lowest BCUT2D eigenvalue weighted by molar-refractivity contribution is 0.0554. The number of hydrogen-bond donors (Lipinski definition) is 1. The lowest BCUT2D eigenvalue weighted by Gasteiger charge is -2.50. The molecule has 2 heterocycles. The van der Waals surface area contributed by atoms with Gasteiger partial charge in [-0.15, -0.1) is 0 Å². The average molecular weight is 398 g/mol. The quantitative estimate of drug-likeness (QED) is 0.750. The standard InChI is InChI=1S/C24H35N3O2/c1-23(2)13-19(14-24(3,4)26-23)27(16-18-9-8-12-25-15-18)17-20-21(28-5)10-7-11-22(20)29-6/h7-12,15,19,26H,13-14,16-17H2,1-6H3. The van der Waals surface area contributed by atoms with Gasteiger partial charge in [-0.3, -0.25) is 9.88 Å². The molecule has 1 aliphatic rings. The zero-order valence-electron chi connectivity index (χ0n) is 18.7. The Morgan fingerprint density at radius 1 is 0.966 bits per heavy atom. The molecule has 29 heavy (non-hydrogen) atoms. The Balaban J connectivity index is 1.96. The van der Waals surface area contributed by atoms with Crippen LogP contribution in [0.25, 0.3) is 0 Å². The highest BCUT2D eigenvalue weighted by Crippen LogP contribution is 2.36. The normalized spacial score (nSPS) is 18.6. The number of nitrogens with one attached hydrogen (secondary N) is 1. The smallest absolute Gasteiger partial charge is 0.127 e. The average Bonchev–Trinajstić information content (AvgIpc) is 2.66. The molecule has 1 saturated heterocycles. The highest BCUT2D eigenvalue weighted by Gasteiger charge is 2.40. The molecule has 5 nitrogen and oxygen atoms in total. The second kappa shape index (κ2) is 8.72. The van der Waals surface area contributed by atoms with Gasteiger partial charge >= 0.3 is 0 Å². The summed E-state index contributed by atoms with van der Waals surface area (Å²) in [6.45, 7) is 10.8. The number of benzene rings is 1. The topological polar surface area (TPSA) is 46.6 Å². The predicted molar refractivity (Wildman–Crippen MR) is 117 cm³/mol. The molecule has 0 unspecified atom stereocenters. The predicted octanol–water partition coefficient (Wildman–Crippen LogP) is 4.41. The first-order valence-corrected chi connectivity index (χ1v) is 10.4. The lowest BCUT2D eigenvalue weighted by Crippen LogP contribution is -2.62. The fourth-order valence-electron chi connectivity index (χ4n) is 4.85. The van der Waals surface area contributed by atoms with E-state index in [1.165, 1.54) is 5.56 Å². The number of nitrogens with zero attached hydrogens (tertiary/aromatic N) is 2. The van der Waals surface area contributed by atoms with Crippen LogP contribution >= 0.6 is 0 Å². The van der Waals surface area contributed by atoms with Crippen molar-refractivity contribution in [3.05, 3.63) is 53.9 Å². The molecule has 1 aromatic heterocycles. The van der Waals surface area contributed by atoms with Crippen LogP contribution in [0.5, 0.6) is 11.5 Å². The minimum atomic E-state index is 0.0739. The Morgan fingerprint density at radius 3 is 2.10 bits per heavy atom. The minimum Gasteiger partial charge on any atom is -0.496 e. The van der Waals surface area contributed by atoms with Crippen LogP contribution in [-0.4, -0.2) is 41.2 Å². The fourth-order valence-corrected chi connectivity index (χ4v) is 4.85. The van der Waals surface area contributed by atoms with Gasteiger partial charge in [0, 0.05) is 42.6 Å². The van der Waals surface area contributed by atoms with Crippen LogP contribution in [0.2, 0.25) is 0 Å². The number of methoxy groups -OCH3 is 2. The van der Waals surface area contributed by atoms with Crippen molar-refractivity contribution in [3.63, 3.8) is 0 Å². The Kier molecular flexibility index (Phi) is 6.49. The van der Waals surface area contributed by atoms with Gasteiger partial charge in [0.1, 0.15) is 11.5 Å². The summed E-state index contributed by atoms with van der Waals surface area (Å²) < 4.78 is 11.4. The van der Waals surface area contributed by atoms with Gasteiger partial charge in [-0.2, -0.15) is 0 Å². The molecule has 0 saturated carbocycles. The van der Waals surface area contributed by atoms with Crippen LogP contribution in [0.4, 0.5) is 0 Å². The number of piperidine rings is 1. The molecular formula is C24H35N3O2. The summed E-state index contributed by atoms with van der Waals surface area (Å²) in [5, 5.41) is 3.80. The molecule has 0 aliphatic carbocycles. The molecule has 1 aliphatic heterocycles. The Labute approximate surface area is 175 Å². The molecule has 0 spiro atoms. The summed E-state index contributed by atoms with van der Waals surface area (Å²) in [6.07, 6.45) is 5.94. The van der Waals surface area contributed by atoms with Crippen molar-refractivity contribution in [3.8, 4) is 11.5 Å². The second-order valence-electron chi connectivity index (χ2n) is 9.36. The summed E-state index contributed by atoms with van der Waals surface area (Å²) in [5.74, 6) is 1.74. The first-order chi connectivity index (χ1) is 13.7. The number of pyridine rings is 1. The highest BCUT2D eigenvalue weighted by atomic mass is 16.5. The molecule has 1 aromatic carbocycles. The van der Waals surface area contributed by atoms with Crippen molar-refractivity contribution in [1.29, 1.82) is 0 Å². The van der Waals surface area contributed by atoms with Crippen molar-refractivity contribution < 1.29 is 9.47 Å². The summed E-state index contributed by atoms with van der Waals surface area (Å²) in [4.78, 5) is 6.88. The van der Waals surface area contributed by atoms with Crippen LogP contribution in [-0.2, 0) is 13.1 Å². The summed E-state index contributed by atoms with van der Waals surface area (Å²) in [5.41, 5.74) is 2.46. The molecule has 1 fully saturated rings. The lowest BCUT2D eigenvalue weighted by atomic mass is 9.78. The van der Waals surface area contributed by atoms with Gasteiger partial charge in [-0.1, -0.05) is 12.1 Å². The molecule has 0 amide bonds. The zero-order chi connectivity index (χ0) is 21.1. The van der Waals surface area contributed by atoms with E-state index < -0.39 is 0 Å². The van der Waals surface area contributed by atoms with Gasteiger partial charge in [0.2, 0.25) is 0 Å². The maximum absolute atomic E-state index is 5.68. The highest BCUT2D eigenvalue weighted by molar-refractivity contribution is 5.44. The SMILES string of the molecule is COc1cccc(OC)c1CN(Cc1cccnc1)C1CC(C)(C)NC(C)(C)C1. The van der Waals surface area contributed by atoms with Crippen LogP contribution in [0.1, 0.15) is 51.7 Å². The first-order valence-electron chi connectivity index (χ1n) is 10.4. The fraction of sp³-hybridized carbons (Fsp3) is 0.542. The molecular weight excluding hydrogens is 362 g/mol. The Hall–Kier alpha value is -2.11. The number of rotatable bonds is 7. The third-order valence-electron chi connectivity index (χ3n) is 5.68. The van der Waals surface area contributed by atoms with Gasteiger partial charge in [-0.25, -0.2) is 0 Å². The Bertz CT molecular complexity index is 767. The van der Waals surface area contributed by atoms with Gasteiger partial charge in [0.05, 0.1) is 19.8 Å². The third kappa shape index (κ3) is 5.49. The molecule has 3 rings (SSSR count). The van der Waals surface area contributed by atoms with E-state index in [-0.39, 0.29) is 11.1 Å². The van der Waals surface area contributed by atoms with Crippen LogP contribution in [0.15, 0.2) is 42.7 Å². The van der Waals surface area contributed by atoms with Crippen molar-refractivity contribution in [2.45, 2.75) is 70.7 Å². The van der Waals surface area contributed by atoms with Gasteiger partial charge in [-0.05, 0) is 64.3 Å². The molecule has 0 bridgehead atoms. The number of hydrogen-bond acceptors (Lipinski definition) is 5. The monoisotopic (exact) mass is 397 g/mol. The van der Waals surface area contributed by atoms with E-state index in [9.17, 15) is 0 Å². The largest absolute Gasteiger partial charge is 0.496 e. The van der Waals surface area contributed by atoms with E-state index in [0.717, 1.165) is 43.0 Å². The number of aromatic nitrogens is 1. The Morgan fingerprint density at radius 2 is 1.59 bits per heavy atom. The van der Waals surface area contributed by atoms with Crippen molar-refractivity contribution in [2.24, 2.45) is 0 Å². The van der Waals surface area contributed by atoms with E-state index in [4.69, 9.17) is 9.47 Å². The van der Waals surface area contributed by atoms with Crippen molar-refractivity contribution in [1.82, 2.24) is 15.2 Å². The zero-order valence-corrected chi connectivity index (χ0v) is 18.7. The van der Waals surface area contributed by atoms with Crippen molar-refractivity contribution in [2.75, 3.05) is 14.2 Å². The van der Waals surface area contributed by atoms with Crippen LogP contribution in [0, 0.1) is 0 Å². The van der Waals surface area contributed by atoms with E-state index >= 15 is 0 Å². The van der Waals surface area contributed by atoms with Crippen LogP contribution in [0.3, 0.4) is 0 Å². The first kappa shape index (κ1) is 21.6. The molecule has 0 atom stereocenters. The molecule has 0 radical (unpaired) electrons. The van der Waals surface area contributed by atoms with E-state index in [0.29, 0.717) is 6.04 Å². The summed E-state index contributed by atoms with van der Waals surface area (Å²) in [7, 11) is 3.45. The molecule has 2 aromatic rings. The van der Waals surface area contributed by atoms with Gasteiger partial charge in [0.15, 0.2) is 0 Å². The molecule has 1 N–H and O–H groups in total. The van der Waals surface area contributed by atoms with E-state index in [1.807, 2.05) is 36.7 Å². The minimum absolute atomic E-state index is 0.0739. The van der Waals surface area contributed by atoms with Crippen molar-refractivity contribution >= 4 is 0 Å². The summed E-state index contributed by atoms with van der Waals surface area (Å²) >= 11 is 0. The maximum atomic E-state index is 5.68. The van der Waals surface area contributed by atoms with Gasteiger partial charge < -0.3 is 14.8 Å². The molecule has 158 valence electrons. The van der Waals surface area contributed by atoms with E-state index in [2.05, 4.69) is 49.0 Å². The summed E-state index contributed by atoms with van der Waals surface area (Å²) in [6, 6.07) is 10.6. The molecule has 5 heteroatoms. The van der Waals surface area contributed by atoms with Gasteiger partial charge in [0.25, 0.3) is 0 Å².